The van der Waals surface area contributed by atoms with Crippen LogP contribution in [0.25, 0.3) is 16.9 Å². The summed E-state index contributed by atoms with van der Waals surface area (Å²) >= 11 is 0. The largest absolute Gasteiger partial charge is 0.384 e. The molecule has 0 saturated carbocycles. The smallest absolute Gasteiger partial charge is 0.153 e. The predicted octanol–water partition coefficient (Wildman–Crippen LogP) is 2.94. The number of hydrogen-bond acceptors (Lipinski definition) is 6. The molecule has 0 saturated heterocycles. The standard InChI is InChI=1S/C18H17N7/c1-12(23-16-10-15(19)21-11-22-16)14-9-17-20-7-8-25(17)24-18(14)13-5-3-2-4-6-13/h2-12H,1H3,(H3,19,21,22,23)/t12-/m0/s1. The third kappa shape index (κ3) is 2.99. The Morgan fingerprint density at radius 1 is 1.08 bits per heavy atom. The Bertz CT molecular complexity index is 1010. The molecular formula is C18H17N7. The van der Waals surface area contributed by atoms with Gasteiger partial charge in [0.25, 0.3) is 0 Å². The normalized spacial score (nSPS) is 12.2. The molecular weight excluding hydrogens is 314 g/mol. The van der Waals surface area contributed by atoms with Crippen LogP contribution in [-0.2, 0) is 0 Å². The van der Waals surface area contributed by atoms with E-state index in [9.17, 15) is 0 Å². The van der Waals surface area contributed by atoms with Crippen molar-refractivity contribution in [1.29, 1.82) is 0 Å². The first-order valence-corrected chi connectivity index (χ1v) is 7.94. The van der Waals surface area contributed by atoms with Gasteiger partial charge in [-0.15, -0.1) is 0 Å². The second-order valence-corrected chi connectivity index (χ2v) is 5.74. The van der Waals surface area contributed by atoms with Crippen molar-refractivity contribution in [2.75, 3.05) is 11.1 Å². The van der Waals surface area contributed by atoms with Crippen LogP contribution < -0.4 is 11.1 Å². The van der Waals surface area contributed by atoms with Gasteiger partial charge in [0.1, 0.15) is 18.0 Å². The highest BCUT2D eigenvalue weighted by Crippen LogP contribution is 2.29. The third-order valence-electron chi connectivity index (χ3n) is 3.98. The first kappa shape index (κ1) is 15.1. The Balaban J connectivity index is 1.79. The summed E-state index contributed by atoms with van der Waals surface area (Å²) in [5.41, 5.74) is 9.51. The Hall–Kier alpha value is -3.48. The van der Waals surface area contributed by atoms with Gasteiger partial charge >= 0.3 is 0 Å². The maximum Gasteiger partial charge on any atom is 0.153 e. The Kier molecular flexibility index (Phi) is 3.74. The van der Waals surface area contributed by atoms with Gasteiger partial charge in [-0.2, -0.15) is 5.10 Å². The van der Waals surface area contributed by atoms with Crippen LogP contribution in [-0.4, -0.2) is 24.6 Å². The molecule has 3 N–H and O–H groups in total. The van der Waals surface area contributed by atoms with Gasteiger partial charge in [-0.05, 0) is 13.0 Å². The van der Waals surface area contributed by atoms with Gasteiger partial charge in [0.05, 0.1) is 11.7 Å². The van der Waals surface area contributed by atoms with Crippen molar-refractivity contribution < 1.29 is 0 Å². The molecule has 0 radical (unpaired) electrons. The van der Waals surface area contributed by atoms with Gasteiger partial charge in [-0.3, -0.25) is 0 Å². The predicted molar refractivity (Wildman–Crippen MR) is 96.9 cm³/mol. The first-order valence-electron chi connectivity index (χ1n) is 7.94. The number of benzene rings is 1. The van der Waals surface area contributed by atoms with E-state index in [-0.39, 0.29) is 6.04 Å². The summed E-state index contributed by atoms with van der Waals surface area (Å²) in [6, 6.07) is 13.8. The summed E-state index contributed by atoms with van der Waals surface area (Å²) in [5, 5.41) is 8.10. The lowest BCUT2D eigenvalue weighted by molar-refractivity contribution is 0.840. The molecule has 4 rings (SSSR count). The molecule has 1 atom stereocenters. The number of nitrogens with two attached hydrogens (primary N) is 1. The molecule has 7 heteroatoms. The van der Waals surface area contributed by atoms with E-state index in [1.54, 1.807) is 16.8 Å². The fraction of sp³-hybridized carbons (Fsp3) is 0.111. The molecule has 4 aromatic rings. The quantitative estimate of drug-likeness (QED) is 0.597. The summed E-state index contributed by atoms with van der Waals surface area (Å²) in [5.74, 6) is 1.09. The average molecular weight is 331 g/mol. The van der Waals surface area contributed by atoms with E-state index in [0.717, 1.165) is 22.5 Å². The fourth-order valence-corrected chi connectivity index (χ4v) is 2.77. The summed E-state index contributed by atoms with van der Waals surface area (Å²) in [7, 11) is 0. The number of nitrogens with zero attached hydrogens (tertiary/aromatic N) is 5. The SMILES string of the molecule is C[C@H](Nc1cc(N)ncn1)c1cc2nccn2nc1-c1ccccc1. The lowest BCUT2D eigenvalue weighted by Crippen LogP contribution is -2.12. The monoisotopic (exact) mass is 331 g/mol. The van der Waals surface area contributed by atoms with Crippen molar-refractivity contribution in [2.45, 2.75) is 13.0 Å². The Morgan fingerprint density at radius 2 is 1.92 bits per heavy atom. The van der Waals surface area contributed by atoms with Gasteiger partial charge in [0.2, 0.25) is 0 Å². The molecule has 0 amide bonds. The van der Waals surface area contributed by atoms with Crippen LogP contribution in [0.5, 0.6) is 0 Å². The molecule has 3 heterocycles. The van der Waals surface area contributed by atoms with Crippen LogP contribution in [0.3, 0.4) is 0 Å². The number of hydrogen-bond donors (Lipinski definition) is 2. The molecule has 0 fully saturated rings. The highest BCUT2D eigenvalue weighted by atomic mass is 15.2. The van der Waals surface area contributed by atoms with Gasteiger partial charge in [0.15, 0.2) is 5.65 Å². The zero-order valence-electron chi connectivity index (χ0n) is 13.7. The topological polar surface area (TPSA) is 94.0 Å². The maximum absolute atomic E-state index is 5.74. The van der Waals surface area contributed by atoms with Crippen molar-refractivity contribution in [3.63, 3.8) is 0 Å². The summed E-state index contributed by atoms with van der Waals surface area (Å²) in [4.78, 5) is 12.5. The van der Waals surface area contributed by atoms with Crippen LogP contribution in [0, 0.1) is 0 Å². The van der Waals surface area contributed by atoms with E-state index in [1.165, 1.54) is 6.33 Å². The number of nitrogens with one attached hydrogen (secondary N) is 1. The Morgan fingerprint density at radius 3 is 2.72 bits per heavy atom. The summed E-state index contributed by atoms with van der Waals surface area (Å²) < 4.78 is 1.78. The van der Waals surface area contributed by atoms with Crippen molar-refractivity contribution in [2.24, 2.45) is 0 Å². The van der Waals surface area contributed by atoms with Gasteiger partial charge < -0.3 is 11.1 Å². The van der Waals surface area contributed by atoms with Gasteiger partial charge in [-0.1, -0.05) is 30.3 Å². The minimum absolute atomic E-state index is 0.0429. The number of imidazole rings is 1. The molecule has 0 spiro atoms. The van der Waals surface area contributed by atoms with Crippen molar-refractivity contribution in [3.05, 3.63) is 66.7 Å². The summed E-state index contributed by atoms with van der Waals surface area (Å²) in [6.45, 7) is 2.06. The van der Waals surface area contributed by atoms with E-state index in [0.29, 0.717) is 11.6 Å². The van der Waals surface area contributed by atoms with Crippen LogP contribution in [0.1, 0.15) is 18.5 Å². The number of rotatable bonds is 4. The van der Waals surface area contributed by atoms with Crippen LogP contribution in [0.15, 0.2) is 61.2 Å². The van der Waals surface area contributed by atoms with Crippen molar-refractivity contribution in [1.82, 2.24) is 24.6 Å². The second-order valence-electron chi connectivity index (χ2n) is 5.74. The average Bonchev–Trinajstić information content (AvgIpc) is 3.09. The molecule has 0 aliphatic heterocycles. The maximum atomic E-state index is 5.74. The minimum atomic E-state index is -0.0429. The van der Waals surface area contributed by atoms with Crippen LogP contribution in [0.4, 0.5) is 11.6 Å². The zero-order chi connectivity index (χ0) is 17.2. The van der Waals surface area contributed by atoms with E-state index >= 15 is 0 Å². The van der Waals surface area contributed by atoms with E-state index < -0.39 is 0 Å². The van der Waals surface area contributed by atoms with E-state index in [2.05, 4.69) is 27.2 Å². The molecule has 124 valence electrons. The molecule has 1 aromatic carbocycles. The lowest BCUT2D eigenvalue weighted by Gasteiger charge is -2.18. The Labute approximate surface area is 144 Å². The lowest BCUT2D eigenvalue weighted by atomic mass is 10.0. The van der Waals surface area contributed by atoms with Crippen molar-refractivity contribution >= 4 is 17.3 Å². The van der Waals surface area contributed by atoms with E-state index in [4.69, 9.17) is 10.8 Å². The number of nitrogen functional groups attached to an aromatic ring is 1. The summed E-state index contributed by atoms with van der Waals surface area (Å²) in [6.07, 6.45) is 5.03. The van der Waals surface area contributed by atoms with Crippen LogP contribution in [0.2, 0.25) is 0 Å². The second kappa shape index (κ2) is 6.20. The van der Waals surface area contributed by atoms with E-state index in [1.807, 2.05) is 42.6 Å². The molecule has 7 nitrogen and oxygen atoms in total. The van der Waals surface area contributed by atoms with Gasteiger partial charge in [0, 0.05) is 29.6 Å². The van der Waals surface area contributed by atoms with Gasteiger partial charge in [-0.25, -0.2) is 19.5 Å². The molecule has 0 aliphatic rings. The zero-order valence-corrected chi connectivity index (χ0v) is 13.7. The molecule has 3 aromatic heterocycles. The number of fused-ring (bicyclic) bond motifs is 1. The highest BCUT2D eigenvalue weighted by molar-refractivity contribution is 5.66. The molecule has 0 aliphatic carbocycles. The first-order chi connectivity index (χ1) is 12.2. The number of anilines is 2. The molecule has 0 bridgehead atoms. The number of aromatic nitrogens is 5. The van der Waals surface area contributed by atoms with Crippen molar-refractivity contribution in [3.8, 4) is 11.3 Å². The fourth-order valence-electron chi connectivity index (χ4n) is 2.77. The molecule has 0 unspecified atom stereocenters. The minimum Gasteiger partial charge on any atom is -0.384 e. The molecule has 25 heavy (non-hydrogen) atoms. The highest BCUT2D eigenvalue weighted by Gasteiger charge is 2.16. The third-order valence-corrected chi connectivity index (χ3v) is 3.98. The van der Waals surface area contributed by atoms with Crippen LogP contribution >= 0.6 is 0 Å².